The number of likely N-dealkylation sites (tertiary alicyclic amines) is 1. The van der Waals surface area contributed by atoms with Gasteiger partial charge in [0.1, 0.15) is 0 Å². The first-order valence-electron chi connectivity index (χ1n) is 9.89. The normalized spacial score (nSPS) is 20.7. The second kappa shape index (κ2) is 9.46. The maximum Gasteiger partial charge on any atom is 0.222 e. The van der Waals surface area contributed by atoms with Crippen molar-refractivity contribution >= 4 is 17.6 Å². The number of amides is 1. The predicted molar refractivity (Wildman–Crippen MR) is 107 cm³/mol. The smallest absolute Gasteiger partial charge is 0.222 e. The highest BCUT2D eigenvalue weighted by molar-refractivity contribution is 5.80. The summed E-state index contributed by atoms with van der Waals surface area (Å²) in [4.78, 5) is 20.7. The fraction of sp³-hybridized carbons (Fsp3) is 0.600. The lowest BCUT2D eigenvalue weighted by molar-refractivity contribution is -0.127. The van der Waals surface area contributed by atoms with Gasteiger partial charge in [-0.25, -0.2) is 0 Å². The summed E-state index contributed by atoms with van der Waals surface area (Å²) in [5.74, 6) is 1.19. The number of nitrogens with zero attached hydrogens (tertiary/aromatic N) is 3. The van der Waals surface area contributed by atoms with Gasteiger partial charge in [-0.2, -0.15) is 0 Å². The van der Waals surface area contributed by atoms with E-state index in [-0.39, 0.29) is 0 Å². The van der Waals surface area contributed by atoms with E-state index in [2.05, 4.69) is 52.8 Å². The van der Waals surface area contributed by atoms with Crippen molar-refractivity contribution in [1.82, 2.24) is 15.5 Å². The molecule has 1 aromatic carbocycles. The van der Waals surface area contributed by atoms with Crippen molar-refractivity contribution in [2.45, 2.75) is 38.6 Å². The third-order valence-corrected chi connectivity index (χ3v) is 5.02. The van der Waals surface area contributed by atoms with Crippen LogP contribution in [0.5, 0.6) is 0 Å². The van der Waals surface area contributed by atoms with Gasteiger partial charge in [0.05, 0.1) is 0 Å². The molecule has 0 spiro atoms. The van der Waals surface area contributed by atoms with E-state index in [0.29, 0.717) is 18.4 Å². The summed E-state index contributed by atoms with van der Waals surface area (Å²) in [6, 6.07) is 11.0. The molecule has 2 aliphatic rings. The largest absolute Gasteiger partial charge is 0.369 e. The minimum Gasteiger partial charge on any atom is -0.369 e. The minimum absolute atomic E-state index is 0.297. The fourth-order valence-corrected chi connectivity index (χ4v) is 3.66. The van der Waals surface area contributed by atoms with Crippen LogP contribution in [0.15, 0.2) is 35.3 Å². The maximum atomic E-state index is 11.6. The number of carbonyl (C=O) groups is 1. The first-order valence-corrected chi connectivity index (χ1v) is 9.89. The molecule has 2 heterocycles. The van der Waals surface area contributed by atoms with Crippen molar-refractivity contribution in [2.24, 2.45) is 4.99 Å². The Bertz CT molecular complexity index is 603. The van der Waals surface area contributed by atoms with Crippen molar-refractivity contribution < 1.29 is 4.79 Å². The Balaban J connectivity index is 1.45. The topological polar surface area (TPSA) is 60.0 Å². The molecule has 0 aromatic heterocycles. The second-order valence-electron chi connectivity index (χ2n) is 7.01. The molecule has 1 amide bonds. The number of para-hydroxylation sites is 1. The molecule has 2 saturated heterocycles. The number of benzene rings is 1. The zero-order chi connectivity index (χ0) is 18.2. The highest BCUT2D eigenvalue weighted by atomic mass is 16.2. The maximum absolute atomic E-state index is 11.6. The summed E-state index contributed by atoms with van der Waals surface area (Å²) in [6.45, 7) is 7.49. The molecular weight excluding hydrogens is 326 g/mol. The molecule has 142 valence electrons. The molecule has 3 rings (SSSR count). The number of anilines is 1. The summed E-state index contributed by atoms with van der Waals surface area (Å²) >= 11 is 0. The lowest BCUT2D eigenvalue weighted by Gasteiger charge is -2.20. The van der Waals surface area contributed by atoms with Crippen LogP contribution >= 0.6 is 0 Å². The highest BCUT2D eigenvalue weighted by Gasteiger charge is 2.23. The molecule has 26 heavy (non-hydrogen) atoms. The lowest BCUT2D eigenvalue weighted by Crippen LogP contribution is -2.44. The summed E-state index contributed by atoms with van der Waals surface area (Å²) in [5.41, 5.74) is 1.29. The molecule has 1 aromatic rings. The van der Waals surface area contributed by atoms with Crippen molar-refractivity contribution in [3.63, 3.8) is 0 Å². The molecule has 0 bridgehead atoms. The minimum atomic E-state index is 0.297. The molecule has 6 nitrogen and oxygen atoms in total. The van der Waals surface area contributed by atoms with Gasteiger partial charge < -0.3 is 20.4 Å². The van der Waals surface area contributed by atoms with E-state index in [0.717, 1.165) is 64.5 Å². The van der Waals surface area contributed by atoms with E-state index in [4.69, 9.17) is 4.99 Å². The van der Waals surface area contributed by atoms with Crippen LogP contribution in [0.3, 0.4) is 0 Å². The van der Waals surface area contributed by atoms with Gasteiger partial charge in [-0.15, -0.1) is 0 Å². The van der Waals surface area contributed by atoms with E-state index in [1.165, 1.54) is 5.69 Å². The Morgan fingerprint density at radius 3 is 2.85 bits per heavy atom. The lowest BCUT2D eigenvalue weighted by atomic mass is 10.3. The summed E-state index contributed by atoms with van der Waals surface area (Å²) in [7, 11) is 0. The van der Waals surface area contributed by atoms with Crippen LogP contribution in [0.1, 0.15) is 32.6 Å². The predicted octanol–water partition coefficient (Wildman–Crippen LogP) is 1.83. The summed E-state index contributed by atoms with van der Waals surface area (Å²) < 4.78 is 0. The van der Waals surface area contributed by atoms with Crippen molar-refractivity contribution in [3.8, 4) is 0 Å². The molecule has 2 fully saturated rings. The third-order valence-electron chi connectivity index (χ3n) is 5.02. The van der Waals surface area contributed by atoms with Gasteiger partial charge in [-0.1, -0.05) is 18.2 Å². The highest BCUT2D eigenvalue weighted by Crippen LogP contribution is 2.19. The van der Waals surface area contributed by atoms with Crippen molar-refractivity contribution in [1.29, 1.82) is 0 Å². The zero-order valence-corrected chi connectivity index (χ0v) is 15.8. The number of carbonyl (C=O) groups excluding carboxylic acids is 1. The van der Waals surface area contributed by atoms with E-state index in [9.17, 15) is 4.79 Å². The molecule has 2 aliphatic heterocycles. The Morgan fingerprint density at radius 1 is 1.27 bits per heavy atom. The van der Waals surface area contributed by atoms with Gasteiger partial charge >= 0.3 is 0 Å². The van der Waals surface area contributed by atoms with Crippen LogP contribution in [0, 0.1) is 0 Å². The Hall–Kier alpha value is -2.24. The van der Waals surface area contributed by atoms with Crippen LogP contribution in [0.2, 0.25) is 0 Å². The molecule has 2 N–H and O–H groups in total. The average molecular weight is 358 g/mol. The molecule has 0 saturated carbocycles. The Morgan fingerprint density at radius 2 is 2.12 bits per heavy atom. The molecule has 1 atom stereocenters. The molecule has 0 radical (unpaired) electrons. The zero-order valence-electron chi connectivity index (χ0n) is 15.8. The van der Waals surface area contributed by atoms with Gasteiger partial charge in [0.15, 0.2) is 5.96 Å². The van der Waals surface area contributed by atoms with Gasteiger partial charge in [0.2, 0.25) is 5.91 Å². The number of aliphatic imine (C=N–C) groups is 1. The van der Waals surface area contributed by atoms with Crippen LogP contribution in [-0.2, 0) is 4.79 Å². The molecule has 6 heteroatoms. The van der Waals surface area contributed by atoms with Crippen LogP contribution in [0.25, 0.3) is 0 Å². The molecule has 0 aliphatic carbocycles. The Kier molecular flexibility index (Phi) is 6.75. The van der Waals surface area contributed by atoms with Gasteiger partial charge in [-0.05, 0) is 38.3 Å². The third kappa shape index (κ3) is 5.13. The number of hydrogen-bond donors (Lipinski definition) is 2. The van der Waals surface area contributed by atoms with Gasteiger partial charge in [0, 0.05) is 57.4 Å². The van der Waals surface area contributed by atoms with Crippen molar-refractivity contribution in [2.75, 3.05) is 44.2 Å². The quantitative estimate of drug-likeness (QED) is 0.444. The van der Waals surface area contributed by atoms with Crippen molar-refractivity contribution in [3.05, 3.63) is 30.3 Å². The van der Waals surface area contributed by atoms with E-state index < -0.39 is 0 Å². The first-order chi connectivity index (χ1) is 12.8. The van der Waals surface area contributed by atoms with Gasteiger partial charge in [0.25, 0.3) is 0 Å². The second-order valence-corrected chi connectivity index (χ2v) is 7.01. The standard InChI is InChI=1S/C20H31N5O/c1-2-21-20(22-12-7-14-24-13-6-10-19(24)26)23-17-11-15-25(16-17)18-8-4-3-5-9-18/h3-5,8-9,17H,2,6-7,10-16H2,1H3,(H2,21,22,23). The average Bonchev–Trinajstić information content (AvgIpc) is 3.29. The van der Waals surface area contributed by atoms with Crippen LogP contribution in [0.4, 0.5) is 5.69 Å². The fourth-order valence-electron chi connectivity index (χ4n) is 3.66. The summed E-state index contributed by atoms with van der Waals surface area (Å²) in [6.07, 6.45) is 3.75. The van der Waals surface area contributed by atoms with E-state index >= 15 is 0 Å². The number of nitrogens with one attached hydrogen (secondary N) is 2. The number of guanidine groups is 1. The number of hydrogen-bond acceptors (Lipinski definition) is 3. The molecular formula is C20H31N5O. The van der Waals surface area contributed by atoms with Crippen LogP contribution < -0.4 is 15.5 Å². The monoisotopic (exact) mass is 357 g/mol. The van der Waals surface area contributed by atoms with E-state index in [1.807, 2.05) is 4.90 Å². The Labute approximate surface area is 156 Å². The van der Waals surface area contributed by atoms with Crippen LogP contribution in [-0.4, -0.2) is 62.1 Å². The SMILES string of the molecule is CCNC(=NCCCN1CCCC1=O)NC1CCN(c2ccccc2)C1. The first kappa shape index (κ1) is 18.5. The van der Waals surface area contributed by atoms with E-state index in [1.54, 1.807) is 0 Å². The molecule has 1 unspecified atom stereocenters. The summed E-state index contributed by atoms with van der Waals surface area (Å²) in [5, 5.41) is 6.91. The number of rotatable bonds is 7. The van der Waals surface area contributed by atoms with Gasteiger partial charge in [-0.3, -0.25) is 9.79 Å².